The topological polar surface area (TPSA) is 73.5 Å². The number of amides is 2. The minimum atomic E-state index is -0.617. The lowest BCUT2D eigenvalue weighted by molar-refractivity contribution is -0.124. The quantitative estimate of drug-likeness (QED) is 0.516. The van der Waals surface area contributed by atoms with Crippen molar-refractivity contribution in [1.82, 2.24) is 15.5 Å². The third-order valence-electron chi connectivity index (χ3n) is 5.96. The van der Waals surface area contributed by atoms with E-state index in [1.807, 2.05) is 37.8 Å². The lowest BCUT2D eigenvalue weighted by Gasteiger charge is -2.37. The van der Waals surface area contributed by atoms with Gasteiger partial charge in [-0.05, 0) is 80.2 Å². The van der Waals surface area contributed by atoms with Crippen molar-refractivity contribution in [1.29, 1.82) is 0 Å². The summed E-state index contributed by atoms with van der Waals surface area (Å²) in [6.07, 6.45) is 1.42. The number of aryl methyl sites for hydroxylation is 1. The van der Waals surface area contributed by atoms with Crippen LogP contribution in [0.5, 0.6) is 0 Å². The zero-order valence-corrected chi connectivity index (χ0v) is 20.8. The Bertz CT molecular complexity index is 987. The van der Waals surface area contributed by atoms with E-state index in [9.17, 15) is 14.0 Å². The van der Waals surface area contributed by atoms with Gasteiger partial charge in [0.2, 0.25) is 5.91 Å². The zero-order chi connectivity index (χ0) is 24.7. The molecule has 0 bridgehead atoms. The number of thiocarbonyl (C=S) groups is 1. The molecule has 1 heterocycles. The number of carbonyl (C=O) groups is 2. The first-order valence-corrected chi connectivity index (χ1v) is 12.1. The lowest BCUT2D eigenvalue weighted by Crippen LogP contribution is -2.54. The van der Waals surface area contributed by atoms with Crippen molar-refractivity contribution in [2.75, 3.05) is 25.0 Å². The molecule has 0 aromatic heterocycles. The molecular weight excluding hydrogens is 451 g/mol. The molecule has 182 valence electrons. The van der Waals surface area contributed by atoms with Crippen LogP contribution in [0.2, 0.25) is 0 Å². The van der Waals surface area contributed by atoms with Crippen molar-refractivity contribution in [2.24, 2.45) is 11.8 Å². The van der Waals surface area contributed by atoms with Gasteiger partial charge in [0.05, 0.1) is 0 Å². The first kappa shape index (κ1) is 25.6. The largest absolute Gasteiger partial charge is 0.354 e. The number of likely N-dealkylation sites (tertiary alicyclic amines) is 1. The number of anilines is 1. The van der Waals surface area contributed by atoms with E-state index in [1.165, 1.54) is 12.1 Å². The van der Waals surface area contributed by atoms with Gasteiger partial charge in [-0.25, -0.2) is 4.39 Å². The zero-order valence-electron chi connectivity index (χ0n) is 19.9. The molecule has 0 aliphatic carbocycles. The first-order valence-electron chi connectivity index (χ1n) is 11.7. The summed E-state index contributed by atoms with van der Waals surface area (Å²) in [5, 5.41) is 9.67. The number of benzene rings is 2. The molecule has 1 aliphatic heterocycles. The minimum Gasteiger partial charge on any atom is -0.354 e. The monoisotopic (exact) mass is 484 g/mol. The maximum absolute atomic E-state index is 13.1. The maximum Gasteiger partial charge on any atom is 0.251 e. The standard InChI is InChI=1S/C26H33FN4O2S/c1-17(2)16-28-25(33)23(30-24(32)20-6-4-18(3)5-7-20)19-12-14-31(15-13-19)26(34)29-22-10-8-21(27)9-11-22/h4-11,17,19,23H,12-16H2,1-3H3,(H,28,33)(H,29,34)(H,30,32). The van der Waals surface area contributed by atoms with E-state index < -0.39 is 6.04 Å². The van der Waals surface area contributed by atoms with Crippen LogP contribution in [-0.4, -0.2) is 47.5 Å². The van der Waals surface area contributed by atoms with Crippen molar-refractivity contribution < 1.29 is 14.0 Å². The molecule has 2 aromatic carbocycles. The Balaban J connectivity index is 1.63. The molecule has 1 aliphatic rings. The molecule has 2 amide bonds. The second-order valence-electron chi connectivity index (χ2n) is 9.22. The van der Waals surface area contributed by atoms with E-state index in [-0.39, 0.29) is 23.5 Å². The predicted octanol–water partition coefficient (Wildman–Crippen LogP) is 4.11. The van der Waals surface area contributed by atoms with E-state index in [4.69, 9.17) is 12.2 Å². The minimum absolute atomic E-state index is 0.00793. The average molecular weight is 485 g/mol. The smallest absolute Gasteiger partial charge is 0.251 e. The summed E-state index contributed by atoms with van der Waals surface area (Å²) in [5.41, 5.74) is 2.33. The second-order valence-corrected chi connectivity index (χ2v) is 9.60. The van der Waals surface area contributed by atoms with Gasteiger partial charge in [-0.2, -0.15) is 0 Å². The number of piperidine rings is 1. The Morgan fingerprint density at radius 3 is 2.26 bits per heavy atom. The van der Waals surface area contributed by atoms with Crippen LogP contribution >= 0.6 is 12.2 Å². The van der Waals surface area contributed by atoms with Crippen LogP contribution < -0.4 is 16.0 Å². The lowest BCUT2D eigenvalue weighted by atomic mass is 9.88. The van der Waals surface area contributed by atoms with Crippen molar-refractivity contribution in [3.63, 3.8) is 0 Å². The van der Waals surface area contributed by atoms with Crippen LogP contribution in [0.3, 0.4) is 0 Å². The fraction of sp³-hybridized carbons (Fsp3) is 0.423. The Hall–Kier alpha value is -3.00. The number of halogens is 1. The highest BCUT2D eigenvalue weighted by Crippen LogP contribution is 2.23. The van der Waals surface area contributed by atoms with Crippen LogP contribution in [-0.2, 0) is 4.79 Å². The molecule has 1 unspecified atom stereocenters. The van der Waals surface area contributed by atoms with Gasteiger partial charge in [-0.1, -0.05) is 31.5 Å². The molecule has 3 rings (SSSR count). The molecule has 0 spiro atoms. The highest BCUT2D eigenvalue weighted by Gasteiger charge is 2.33. The molecule has 8 heteroatoms. The summed E-state index contributed by atoms with van der Waals surface area (Å²) >= 11 is 5.53. The van der Waals surface area contributed by atoms with Crippen LogP contribution in [0.15, 0.2) is 48.5 Å². The molecule has 1 fully saturated rings. The Morgan fingerprint density at radius 2 is 1.68 bits per heavy atom. The number of carbonyl (C=O) groups excluding carboxylic acids is 2. The predicted molar refractivity (Wildman–Crippen MR) is 137 cm³/mol. The number of hydrogen-bond donors (Lipinski definition) is 3. The van der Waals surface area contributed by atoms with Gasteiger partial charge in [0.15, 0.2) is 5.11 Å². The molecule has 0 radical (unpaired) electrons. The maximum atomic E-state index is 13.1. The summed E-state index contributed by atoms with van der Waals surface area (Å²) < 4.78 is 13.1. The van der Waals surface area contributed by atoms with Gasteiger partial charge >= 0.3 is 0 Å². The number of rotatable bonds is 7. The van der Waals surface area contributed by atoms with Gasteiger partial charge in [0.25, 0.3) is 5.91 Å². The van der Waals surface area contributed by atoms with Gasteiger partial charge in [0, 0.05) is 30.9 Å². The van der Waals surface area contributed by atoms with E-state index in [0.717, 1.165) is 11.3 Å². The fourth-order valence-electron chi connectivity index (χ4n) is 3.91. The summed E-state index contributed by atoms with van der Waals surface area (Å²) in [4.78, 5) is 28.0. The van der Waals surface area contributed by atoms with Gasteiger partial charge in [0.1, 0.15) is 11.9 Å². The van der Waals surface area contributed by atoms with Crippen LogP contribution in [0.25, 0.3) is 0 Å². The summed E-state index contributed by atoms with van der Waals surface area (Å²) in [6, 6.07) is 12.8. The summed E-state index contributed by atoms with van der Waals surface area (Å²) in [6.45, 7) is 7.91. The third kappa shape index (κ3) is 7.25. The van der Waals surface area contributed by atoms with E-state index in [1.54, 1.807) is 24.3 Å². The molecule has 3 N–H and O–H groups in total. The average Bonchev–Trinajstić information content (AvgIpc) is 2.83. The van der Waals surface area contributed by atoms with Gasteiger partial charge < -0.3 is 20.9 Å². The molecule has 0 saturated carbocycles. The van der Waals surface area contributed by atoms with Crippen molar-refractivity contribution in [2.45, 2.75) is 39.7 Å². The third-order valence-corrected chi connectivity index (χ3v) is 6.32. The SMILES string of the molecule is Cc1ccc(C(=O)NC(C(=O)NCC(C)C)C2CCN(C(=S)Nc3ccc(F)cc3)CC2)cc1. The highest BCUT2D eigenvalue weighted by molar-refractivity contribution is 7.80. The Labute approximate surface area is 206 Å². The number of hydrogen-bond acceptors (Lipinski definition) is 3. The highest BCUT2D eigenvalue weighted by atomic mass is 32.1. The van der Waals surface area contributed by atoms with Crippen molar-refractivity contribution in [3.05, 3.63) is 65.5 Å². The van der Waals surface area contributed by atoms with E-state index >= 15 is 0 Å². The molecular formula is C26H33FN4O2S. The molecule has 1 atom stereocenters. The molecule has 1 saturated heterocycles. The first-order chi connectivity index (χ1) is 16.2. The van der Waals surface area contributed by atoms with Gasteiger partial charge in [-0.15, -0.1) is 0 Å². The fourth-order valence-corrected chi connectivity index (χ4v) is 4.21. The van der Waals surface area contributed by atoms with Crippen molar-refractivity contribution >= 4 is 34.8 Å². The molecule has 6 nitrogen and oxygen atoms in total. The number of nitrogens with zero attached hydrogens (tertiary/aromatic N) is 1. The molecule has 34 heavy (non-hydrogen) atoms. The van der Waals surface area contributed by atoms with Crippen LogP contribution in [0.1, 0.15) is 42.6 Å². The molecule has 2 aromatic rings. The van der Waals surface area contributed by atoms with Gasteiger partial charge in [-0.3, -0.25) is 9.59 Å². The Morgan fingerprint density at radius 1 is 1.06 bits per heavy atom. The van der Waals surface area contributed by atoms with Crippen molar-refractivity contribution in [3.8, 4) is 0 Å². The number of nitrogens with one attached hydrogen (secondary N) is 3. The van der Waals surface area contributed by atoms with E-state index in [0.29, 0.717) is 49.1 Å². The van der Waals surface area contributed by atoms with E-state index in [2.05, 4.69) is 16.0 Å². The second kappa shape index (κ2) is 11.9. The normalized spacial score (nSPS) is 15.0. The van der Waals surface area contributed by atoms with Crippen LogP contribution in [0, 0.1) is 24.6 Å². The Kier molecular flexibility index (Phi) is 8.98. The summed E-state index contributed by atoms with van der Waals surface area (Å²) in [7, 11) is 0. The summed E-state index contributed by atoms with van der Waals surface area (Å²) in [5.74, 6) is -0.396. The van der Waals surface area contributed by atoms with Crippen LogP contribution in [0.4, 0.5) is 10.1 Å².